The number of benzene rings is 1. The highest BCUT2D eigenvalue weighted by molar-refractivity contribution is 6.00. The minimum atomic E-state index is -1.11. The van der Waals surface area contributed by atoms with Gasteiger partial charge in [0.2, 0.25) is 5.91 Å². The van der Waals surface area contributed by atoms with Crippen molar-refractivity contribution < 1.29 is 24.2 Å². The van der Waals surface area contributed by atoms with Gasteiger partial charge in [-0.15, -0.1) is 0 Å². The van der Waals surface area contributed by atoms with Gasteiger partial charge in [-0.2, -0.15) is 0 Å². The molecule has 1 saturated heterocycles. The SMILES string of the molecule is CCOc1ccccc1C(=O)N1CCCC1C(=O)N[C@@H](C)C(=O)O. The summed E-state index contributed by atoms with van der Waals surface area (Å²) >= 11 is 0. The van der Waals surface area contributed by atoms with Gasteiger partial charge in [0.15, 0.2) is 0 Å². The zero-order valence-electron chi connectivity index (χ0n) is 13.8. The van der Waals surface area contributed by atoms with Gasteiger partial charge < -0.3 is 20.1 Å². The molecule has 2 N–H and O–H groups in total. The molecular weight excluding hydrogens is 312 g/mol. The Kier molecular flexibility index (Phi) is 5.78. The summed E-state index contributed by atoms with van der Waals surface area (Å²) in [4.78, 5) is 37.5. The average molecular weight is 334 g/mol. The topological polar surface area (TPSA) is 95.9 Å². The fraction of sp³-hybridized carbons (Fsp3) is 0.471. The molecule has 2 atom stereocenters. The van der Waals surface area contributed by atoms with E-state index in [0.29, 0.717) is 37.3 Å². The molecule has 0 radical (unpaired) electrons. The Labute approximate surface area is 140 Å². The van der Waals surface area contributed by atoms with E-state index < -0.39 is 24.0 Å². The lowest BCUT2D eigenvalue weighted by Gasteiger charge is -2.25. The van der Waals surface area contributed by atoms with Crippen LogP contribution in [0.25, 0.3) is 0 Å². The van der Waals surface area contributed by atoms with Crippen molar-refractivity contribution in [3.8, 4) is 5.75 Å². The molecule has 1 unspecified atom stereocenters. The molecule has 0 saturated carbocycles. The minimum absolute atomic E-state index is 0.278. The van der Waals surface area contributed by atoms with E-state index in [2.05, 4.69) is 5.32 Å². The number of carbonyl (C=O) groups excluding carboxylic acids is 2. The fourth-order valence-electron chi connectivity index (χ4n) is 2.73. The summed E-state index contributed by atoms with van der Waals surface area (Å²) in [6.45, 7) is 4.12. The van der Waals surface area contributed by atoms with Crippen LogP contribution in [0.2, 0.25) is 0 Å². The minimum Gasteiger partial charge on any atom is -0.493 e. The normalized spacial score (nSPS) is 18.1. The molecule has 0 bridgehead atoms. The highest BCUT2D eigenvalue weighted by Crippen LogP contribution is 2.25. The number of nitrogens with one attached hydrogen (secondary N) is 1. The number of aliphatic carboxylic acids is 1. The van der Waals surface area contributed by atoms with Gasteiger partial charge in [-0.05, 0) is 38.8 Å². The van der Waals surface area contributed by atoms with Crippen LogP contribution >= 0.6 is 0 Å². The van der Waals surface area contributed by atoms with Crippen molar-refractivity contribution in [2.24, 2.45) is 0 Å². The van der Waals surface area contributed by atoms with Gasteiger partial charge in [0, 0.05) is 6.54 Å². The molecule has 2 rings (SSSR count). The molecule has 7 nitrogen and oxygen atoms in total. The van der Waals surface area contributed by atoms with Gasteiger partial charge in [-0.1, -0.05) is 12.1 Å². The van der Waals surface area contributed by atoms with E-state index in [-0.39, 0.29) is 5.91 Å². The quantitative estimate of drug-likeness (QED) is 0.817. The molecule has 24 heavy (non-hydrogen) atoms. The number of likely N-dealkylation sites (tertiary alicyclic amines) is 1. The van der Waals surface area contributed by atoms with Gasteiger partial charge in [0.1, 0.15) is 17.8 Å². The Morgan fingerprint density at radius 2 is 2.08 bits per heavy atom. The van der Waals surface area contributed by atoms with E-state index in [1.807, 2.05) is 6.92 Å². The molecular formula is C17H22N2O5. The number of hydrogen-bond donors (Lipinski definition) is 2. The number of hydrogen-bond acceptors (Lipinski definition) is 4. The molecule has 0 aliphatic carbocycles. The summed E-state index contributed by atoms with van der Waals surface area (Å²) in [6, 6.07) is 5.26. The van der Waals surface area contributed by atoms with E-state index in [0.717, 1.165) is 0 Å². The Bertz CT molecular complexity index is 631. The van der Waals surface area contributed by atoms with Crippen molar-refractivity contribution in [3.63, 3.8) is 0 Å². The first-order valence-corrected chi connectivity index (χ1v) is 8.01. The van der Waals surface area contributed by atoms with Crippen molar-refractivity contribution in [2.45, 2.75) is 38.8 Å². The van der Waals surface area contributed by atoms with Crippen molar-refractivity contribution >= 4 is 17.8 Å². The number of amides is 2. The van der Waals surface area contributed by atoms with Gasteiger partial charge in [0.25, 0.3) is 5.91 Å². The Hall–Kier alpha value is -2.57. The summed E-state index contributed by atoms with van der Waals surface area (Å²) in [5.74, 6) is -1.35. The second kappa shape index (κ2) is 7.81. The maximum Gasteiger partial charge on any atom is 0.325 e. The van der Waals surface area contributed by atoms with Crippen LogP contribution in [0.1, 0.15) is 37.0 Å². The molecule has 7 heteroatoms. The third-order valence-electron chi connectivity index (χ3n) is 3.96. The number of carboxylic acids is 1. The molecule has 1 heterocycles. The first-order valence-electron chi connectivity index (χ1n) is 8.01. The largest absolute Gasteiger partial charge is 0.493 e. The van der Waals surface area contributed by atoms with Gasteiger partial charge in [-0.3, -0.25) is 14.4 Å². The number of para-hydroxylation sites is 1. The van der Waals surface area contributed by atoms with Crippen LogP contribution in [0, 0.1) is 0 Å². The molecule has 1 fully saturated rings. The van der Waals surface area contributed by atoms with Gasteiger partial charge >= 0.3 is 5.97 Å². The van der Waals surface area contributed by atoms with E-state index in [4.69, 9.17) is 9.84 Å². The molecule has 1 aliphatic heterocycles. The highest BCUT2D eigenvalue weighted by atomic mass is 16.5. The smallest absolute Gasteiger partial charge is 0.325 e. The highest BCUT2D eigenvalue weighted by Gasteiger charge is 2.36. The van der Waals surface area contributed by atoms with Crippen LogP contribution in [-0.4, -0.2) is 53.0 Å². The molecule has 130 valence electrons. The van der Waals surface area contributed by atoms with Crippen LogP contribution in [0.15, 0.2) is 24.3 Å². The lowest BCUT2D eigenvalue weighted by atomic mass is 10.1. The van der Waals surface area contributed by atoms with Gasteiger partial charge in [0.05, 0.1) is 12.2 Å². The summed E-state index contributed by atoms with van der Waals surface area (Å²) in [5, 5.41) is 11.3. The standard InChI is InChI=1S/C17H22N2O5/c1-3-24-14-9-5-4-7-12(14)16(21)19-10-6-8-13(19)15(20)18-11(2)17(22)23/h4-5,7,9,11,13H,3,6,8,10H2,1-2H3,(H,18,20)(H,22,23)/t11-,13?/m0/s1. The Balaban J connectivity index is 2.16. The van der Waals surface area contributed by atoms with Crippen LogP contribution in [0.3, 0.4) is 0 Å². The number of nitrogens with zero attached hydrogens (tertiary/aromatic N) is 1. The zero-order valence-corrected chi connectivity index (χ0v) is 13.8. The summed E-state index contributed by atoms with van der Waals surface area (Å²) in [7, 11) is 0. The summed E-state index contributed by atoms with van der Waals surface area (Å²) in [5.41, 5.74) is 0.408. The van der Waals surface area contributed by atoms with E-state index in [9.17, 15) is 14.4 Å². The zero-order chi connectivity index (χ0) is 17.7. The molecule has 1 aromatic rings. The van der Waals surface area contributed by atoms with Crippen molar-refractivity contribution in [3.05, 3.63) is 29.8 Å². The fourth-order valence-corrected chi connectivity index (χ4v) is 2.73. The van der Waals surface area contributed by atoms with Crippen LogP contribution in [0.4, 0.5) is 0 Å². The second-order valence-corrected chi connectivity index (χ2v) is 5.65. The lowest BCUT2D eigenvalue weighted by Crippen LogP contribution is -2.50. The first kappa shape index (κ1) is 17.8. The van der Waals surface area contributed by atoms with Crippen molar-refractivity contribution in [2.75, 3.05) is 13.2 Å². The molecule has 1 aliphatic rings. The molecule has 0 aromatic heterocycles. The van der Waals surface area contributed by atoms with E-state index in [1.54, 1.807) is 24.3 Å². The second-order valence-electron chi connectivity index (χ2n) is 5.65. The Morgan fingerprint density at radius 3 is 2.75 bits per heavy atom. The van der Waals surface area contributed by atoms with Crippen molar-refractivity contribution in [1.82, 2.24) is 10.2 Å². The molecule has 0 spiro atoms. The predicted octanol–water partition coefficient (Wildman–Crippen LogP) is 1.28. The van der Waals surface area contributed by atoms with Gasteiger partial charge in [-0.25, -0.2) is 0 Å². The lowest BCUT2D eigenvalue weighted by molar-refractivity contribution is -0.141. The summed E-state index contributed by atoms with van der Waals surface area (Å²) < 4.78 is 5.48. The predicted molar refractivity (Wildman–Crippen MR) is 86.9 cm³/mol. The number of rotatable bonds is 6. The number of ether oxygens (including phenoxy) is 1. The Morgan fingerprint density at radius 1 is 1.38 bits per heavy atom. The third-order valence-corrected chi connectivity index (χ3v) is 3.96. The van der Waals surface area contributed by atoms with E-state index >= 15 is 0 Å². The monoisotopic (exact) mass is 334 g/mol. The molecule has 2 amide bonds. The van der Waals surface area contributed by atoms with Crippen LogP contribution in [-0.2, 0) is 9.59 Å². The van der Waals surface area contributed by atoms with Crippen LogP contribution in [0.5, 0.6) is 5.75 Å². The number of carbonyl (C=O) groups is 3. The van der Waals surface area contributed by atoms with Crippen molar-refractivity contribution in [1.29, 1.82) is 0 Å². The first-order chi connectivity index (χ1) is 11.5. The molecule has 1 aromatic carbocycles. The third kappa shape index (κ3) is 3.84. The maximum absolute atomic E-state index is 12.8. The average Bonchev–Trinajstić information content (AvgIpc) is 3.04. The van der Waals surface area contributed by atoms with E-state index in [1.165, 1.54) is 11.8 Å². The summed E-state index contributed by atoms with van der Waals surface area (Å²) in [6.07, 6.45) is 1.21. The number of carboxylic acid groups (broad SMARTS) is 1. The maximum atomic E-state index is 12.8. The van der Waals surface area contributed by atoms with Crippen LogP contribution < -0.4 is 10.1 Å².